The molecule has 0 heterocycles. The van der Waals surface area contributed by atoms with E-state index >= 15 is 0 Å². The minimum atomic E-state index is -3.65. The van der Waals surface area contributed by atoms with Crippen LogP contribution >= 0.6 is 0 Å². The molecule has 5 heteroatoms. The van der Waals surface area contributed by atoms with Crippen molar-refractivity contribution in [1.29, 1.82) is 0 Å². The fourth-order valence-corrected chi connectivity index (χ4v) is 2.91. The highest BCUT2D eigenvalue weighted by molar-refractivity contribution is 7.86. The molecule has 1 N–H and O–H groups in total. The largest absolute Gasteiger partial charge is 0.396 e. The van der Waals surface area contributed by atoms with Crippen LogP contribution < -0.4 is 0 Å². The van der Waals surface area contributed by atoms with Crippen molar-refractivity contribution in [1.82, 2.24) is 0 Å². The van der Waals surface area contributed by atoms with Crippen LogP contribution in [0.25, 0.3) is 0 Å². The Labute approximate surface area is 109 Å². The predicted molar refractivity (Wildman–Crippen MR) is 69.9 cm³/mol. The maximum atomic E-state index is 12.0. The van der Waals surface area contributed by atoms with Gasteiger partial charge in [0.1, 0.15) is 0 Å². The average molecular weight is 272 g/mol. The van der Waals surface area contributed by atoms with Crippen LogP contribution in [0.4, 0.5) is 0 Å². The van der Waals surface area contributed by atoms with Gasteiger partial charge in [-0.15, -0.1) is 0 Å². The zero-order valence-corrected chi connectivity index (χ0v) is 11.4. The van der Waals surface area contributed by atoms with E-state index in [-0.39, 0.29) is 18.1 Å². The minimum absolute atomic E-state index is 0.130. The van der Waals surface area contributed by atoms with E-state index in [2.05, 4.69) is 0 Å². The van der Waals surface area contributed by atoms with Gasteiger partial charge in [-0.05, 0) is 37.3 Å². The molecule has 0 radical (unpaired) electrons. The Kier molecular flexibility index (Phi) is 6.32. The lowest BCUT2D eigenvalue weighted by Crippen LogP contribution is -2.10. The van der Waals surface area contributed by atoms with Gasteiger partial charge in [0, 0.05) is 6.61 Å². The Balaban J connectivity index is 2.63. The van der Waals surface area contributed by atoms with Crippen LogP contribution in [0.1, 0.15) is 31.7 Å². The molecule has 0 bridgehead atoms. The Morgan fingerprint density at radius 2 is 1.89 bits per heavy atom. The van der Waals surface area contributed by atoms with Crippen LogP contribution in [0.15, 0.2) is 29.2 Å². The highest BCUT2D eigenvalue weighted by Gasteiger charge is 2.17. The van der Waals surface area contributed by atoms with Crippen LogP contribution in [0.3, 0.4) is 0 Å². The molecule has 0 spiro atoms. The fourth-order valence-electron chi connectivity index (χ4n) is 1.66. The fraction of sp³-hybridized carbons (Fsp3) is 0.538. The van der Waals surface area contributed by atoms with E-state index in [9.17, 15) is 8.42 Å². The molecule has 0 unspecified atom stereocenters. The normalized spacial score (nSPS) is 11.7. The monoisotopic (exact) mass is 272 g/mol. The quantitative estimate of drug-likeness (QED) is 0.581. The minimum Gasteiger partial charge on any atom is -0.396 e. The van der Waals surface area contributed by atoms with Crippen molar-refractivity contribution in [2.75, 3.05) is 13.2 Å². The molecular weight excluding hydrogens is 252 g/mol. The summed E-state index contributed by atoms with van der Waals surface area (Å²) >= 11 is 0. The van der Waals surface area contributed by atoms with Crippen molar-refractivity contribution in [2.45, 2.75) is 37.5 Å². The van der Waals surface area contributed by atoms with Crippen molar-refractivity contribution < 1.29 is 17.7 Å². The van der Waals surface area contributed by atoms with Crippen molar-refractivity contribution in [3.8, 4) is 0 Å². The molecule has 0 aliphatic carbocycles. The third kappa shape index (κ3) is 4.40. The number of aryl methyl sites for hydroxylation is 1. The smallest absolute Gasteiger partial charge is 0.297 e. The van der Waals surface area contributed by atoms with Crippen LogP contribution in [0.5, 0.6) is 0 Å². The second-order valence-corrected chi connectivity index (χ2v) is 5.61. The molecule has 0 aromatic heterocycles. The molecule has 0 aliphatic rings. The molecule has 0 atom stereocenters. The first-order valence-electron chi connectivity index (χ1n) is 6.20. The zero-order valence-electron chi connectivity index (χ0n) is 10.6. The zero-order chi connectivity index (χ0) is 13.4. The lowest BCUT2D eigenvalue weighted by molar-refractivity contribution is 0.267. The van der Waals surface area contributed by atoms with E-state index in [4.69, 9.17) is 9.29 Å². The first-order valence-corrected chi connectivity index (χ1v) is 7.61. The Morgan fingerprint density at radius 3 is 2.56 bits per heavy atom. The summed E-state index contributed by atoms with van der Waals surface area (Å²) in [5.41, 5.74) is 0.771. The summed E-state index contributed by atoms with van der Waals surface area (Å²) in [4.78, 5) is 0.259. The number of aliphatic hydroxyl groups excluding tert-OH is 1. The molecule has 0 amide bonds. The van der Waals surface area contributed by atoms with Crippen molar-refractivity contribution in [3.05, 3.63) is 29.8 Å². The van der Waals surface area contributed by atoms with Gasteiger partial charge in [0.15, 0.2) is 0 Å². The molecule has 0 saturated heterocycles. The van der Waals surface area contributed by atoms with Gasteiger partial charge < -0.3 is 5.11 Å². The standard InChI is InChI=1S/C13H20O4S/c1-2-12-8-4-5-9-13(12)18(15,16)17-11-7-3-6-10-14/h4-5,8-9,14H,2-3,6-7,10-11H2,1H3. The number of hydrogen-bond donors (Lipinski definition) is 1. The molecular formula is C13H20O4S. The topological polar surface area (TPSA) is 63.6 Å². The average Bonchev–Trinajstić information content (AvgIpc) is 2.38. The summed E-state index contributed by atoms with van der Waals surface area (Å²) in [6.45, 7) is 2.21. The molecule has 0 fully saturated rings. The van der Waals surface area contributed by atoms with E-state index in [1.165, 1.54) is 0 Å². The Hall–Kier alpha value is -0.910. The van der Waals surface area contributed by atoms with Crippen molar-refractivity contribution in [3.63, 3.8) is 0 Å². The predicted octanol–water partition coefficient (Wildman–Crippen LogP) is 2.12. The third-order valence-corrected chi connectivity index (χ3v) is 4.08. The van der Waals surface area contributed by atoms with Gasteiger partial charge in [-0.1, -0.05) is 25.1 Å². The summed E-state index contributed by atoms with van der Waals surface area (Å²) in [5.74, 6) is 0. The van der Waals surface area contributed by atoms with Crippen molar-refractivity contribution >= 4 is 10.1 Å². The SMILES string of the molecule is CCc1ccccc1S(=O)(=O)OCCCCCO. The van der Waals surface area contributed by atoms with Crippen LogP contribution in [0, 0.1) is 0 Å². The Bertz CT molecular complexity index is 454. The van der Waals surface area contributed by atoms with E-state index in [1.54, 1.807) is 18.2 Å². The maximum Gasteiger partial charge on any atom is 0.297 e. The highest BCUT2D eigenvalue weighted by atomic mass is 32.2. The Morgan fingerprint density at radius 1 is 1.17 bits per heavy atom. The van der Waals surface area contributed by atoms with Crippen LogP contribution in [-0.2, 0) is 20.7 Å². The number of rotatable bonds is 8. The number of unbranched alkanes of at least 4 members (excludes halogenated alkanes) is 2. The third-order valence-electron chi connectivity index (χ3n) is 2.66. The van der Waals surface area contributed by atoms with Crippen molar-refractivity contribution in [2.24, 2.45) is 0 Å². The summed E-state index contributed by atoms with van der Waals surface area (Å²) in [5, 5.41) is 8.61. The lowest BCUT2D eigenvalue weighted by atomic mass is 10.2. The molecule has 0 aliphatic heterocycles. The second kappa shape index (κ2) is 7.51. The molecule has 18 heavy (non-hydrogen) atoms. The molecule has 4 nitrogen and oxygen atoms in total. The van der Waals surface area contributed by atoms with E-state index < -0.39 is 10.1 Å². The summed E-state index contributed by atoms with van der Waals surface area (Å²) in [6.07, 6.45) is 2.73. The number of aliphatic hydroxyl groups is 1. The highest BCUT2D eigenvalue weighted by Crippen LogP contribution is 2.18. The summed E-state index contributed by atoms with van der Waals surface area (Å²) in [7, 11) is -3.65. The van der Waals surface area contributed by atoms with Crippen LogP contribution in [-0.4, -0.2) is 26.7 Å². The second-order valence-electron chi connectivity index (χ2n) is 4.02. The molecule has 1 aromatic carbocycles. The first kappa shape index (κ1) is 15.1. The maximum absolute atomic E-state index is 12.0. The lowest BCUT2D eigenvalue weighted by Gasteiger charge is -2.09. The molecule has 102 valence electrons. The molecule has 1 rings (SSSR count). The van der Waals surface area contributed by atoms with Gasteiger partial charge in [0.25, 0.3) is 10.1 Å². The summed E-state index contributed by atoms with van der Waals surface area (Å²) in [6, 6.07) is 6.88. The van der Waals surface area contributed by atoms with Gasteiger partial charge >= 0.3 is 0 Å². The number of hydrogen-bond acceptors (Lipinski definition) is 4. The van der Waals surface area contributed by atoms with Gasteiger partial charge in [0.2, 0.25) is 0 Å². The summed E-state index contributed by atoms with van der Waals surface area (Å²) < 4.78 is 28.9. The van der Waals surface area contributed by atoms with Gasteiger partial charge in [-0.25, -0.2) is 0 Å². The van der Waals surface area contributed by atoms with Gasteiger partial charge in [-0.2, -0.15) is 8.42 Å². The van der Waals surface area contributed by atoms with E-state index in [0.717, 1.165) is 12.0 Å². The van der Waals surface area contributed by atoms with Gasteiger partial charge in [0.05, 0.1) is 11.5 Å². The van der Waals surface area contributed by atoms with E-state index in [0.29, 0.717) is 19.3 Å². The van der Waals surface area contributed by atoms with E-state index in [1.807, 2.05) is 13.0 Å². The van der Waals surface area contributed by atoms with Gasteiger partial charge in [-0.3, -0.25) is 4.18 Å². The first-order chi connectivity index (χ1) is 8.61. The molecule has 1 aromatic rings. The molecule has 0 saturated carbocycles. The number of benzene rings is 1. The van der Waals surface area contributed by atoms with Crippen LogP contribution in [0.2, 0.25) is 0 Å².